The highest BCUT2D eigenvalue weighted by Gasteiger charge is 2.20. The molecule has 0 aliphatic carbocycles. The van der Waals surface area contributed by atoms with Gasteiger partial charge < -0.3 is 4.42 Å². The maximum absolute atomic E-state index is 8.42. The van der Waals surface area contributed by atoms with Crippen LogP contribution in [0, 0.1) is 0 Å². The number of fused-ring (bicyclic) bond motifs is 6. The van der Waals surface area contributed by atoms with Crippen LogP contribution in [0.4, 0.5) is 0 Å². The van der Waals surface area contributed by atoms with Crippen LogP contribution >= 0.6 is 0 Å². The first kappa shape index (κ1) is 21.1. The van der Waals surface area contributed by atoms with Crippen molar-refractivity contribution in [1.82, 2.24) is 0 Å². The predicted molar refractivity (Wildman–Crippen MR) is 183 cm³/mol. The van der Waals surface area contributed by atoms with Crippen molar-refractivity contribution in [3.05, 3.63) is 158 Å². The van der Waals surface area contributed by atoms with Crippen LogP contribution in [-0.2, 0) is 0 Å². The summed E-state index contributed by atoms with van der Waals surface area (Å²) in [6.45, 7) is 0. The molecule has 0 saturated carbocycles. The molecule has 0 saturated heterocycles. The molecule has 200 valence electrons. The van der Waals surface area contributed by atoms with E-state index in [-0.39, 0.29) is 18.1 Å². The Hall–Kier alpha value is -5.66. The maximum atomic E-state index is 8.42. The Morgan fingerprint density at radius 3 is 1.67 bits per heavy atom. The van der Waals surface area contributed by atoms with Gasteiger partial charge in [0.05, 0.1) is 4.11 Å². The summed E-state index contributed by atoms with van der Waals surface area (Å²) in [5.41, 5.74) is 7.64. The van der Waals surface area contributed by atoms with Gasteiger partial charge in [0.1, 0.15) is 11.2 Å². The standard InChI is InChI=1S/C42H26O/c1-2-11-27(12-3-1)28-21-23-29(24-22-28)40-32-15-6-8-17-34(32)41(35-18-9-7-16-33(35)40)36-19-10-20-38-42(36)37-25-30-13-4-5-14-31(30)26-39(37)43-38/h1-26H/i1D,11D,12D. The van der Waals surface area contributed by atoms with Crippen LogP contribution in [0.25, 0.3) is 87.6 Å². The minimum atomic E-state index is 0.181. The zero-order chi connectivity index (χ0) is 30.9. The van der Waals surface area contributed by atoms with E-state index >= 15 is 0 Å². The molecule has 8 aromatic carbocycles. The SMILES string of the molecule is [2H]c1cc([2H])c(-c2ccc(-c3c4ccccc4c(-c4cccc5oc6cc7ccccc7cc6c45)c4ccccc34)cc2)c([2H])c1. The fourth-order valence-corrected chi connectivity index (χ4v) is 6.73. The van der Waals surface area contributed by atoms with Crippen LogP contribution in [0.5, 0.6) is 0 Å². The highest BCUT2D eigenvalue weighted by atomic mass is 16.3. The van der Waals surface area contributed by atoms with Crippen LogP contribution < -0.4 is 0 Å². The van der Waals surface area contributed by atoms with Gasteiger partial charge in [-0.3, -0.25) is 0 Å². The van der Waals surface area contributed by atoms with Gasteiger partial charge >= 0.3 is 0 Å². The van der Waals surface area contributed by atoms with Crippen molar-refractivity contribution in [3.63, 3.8) is 0 Å². The molecule has 0 fully saturated rings. The number of rotatable bonds is 3. The number of benzene rings is 8. The summed E-state index contributed by atoms with van der Waals surface area (Å²) in [5.74, 6) is 0. The van der Waals surface area contributed by atoms with Crippen LogP contribution in [0.2, 0.25) is 0 Å². The van der Waals surface area contributed by atoms with Gasteiger partial charge in [-0.1, -0.05) is 139 Å². The summed E-state index contributed by atoms with van der Waals surface area (Å²) < 4.78 is 31.2. The first-order chi connectivity index (χ1) is 22.5. The highest BCUT2D eigenvalue weighted by Crippen LogP contribution is 2.47. The molecule has 0 radical (unpaired) electrons. The minimum Gasteiger partial charge on any atom is -0.456 e. The average molecular weight is 550 g/mol. The van der Waals surface area contributed by atoms with Crippen molar-refractivity contribution in [2.45, 2.75) is 0 Å². The van der Waals surface area contributed by atoms with E-state index in [1.807, 2.05) is 12.1 Å². The summed E-state index contributed by atoms with van der Waals surface area (Å²) in [4.78, 5) is 0. The molecule has 0 spiro atoms. The summed E-state index contributed by atoms with van der Waals surface area (Å²) in [6.07, 6.45) is 0. The summed E-state index contributed by atoms with van der Waals surface area (Å²) in [6, 6.07) is 48.1. The summed E-state index contributed by atoms with van der Waals surface area (Å²) in [7, 11) is 0. The molecule has 1 heterocycles. The third-order valence-corrected chi connectivity index (χ3v) is 8.63. The van der Waals surface area contributed by atoms with Crippen molar-refractivity contribution in [1.29, 1.82) is 0 Å². The molecule has 0 bridgehead atoms. The van der Waals surface area contributed by atoms with E-state index in [1.54, 1.807) is 0 Å². The Morgan fingerprint density at radius 2 is 1.00 bits per heavy atom. The molecule has 1 heteroatoms. The van der Waals surface area contributed by atoms with Crippen molar-refractivity contribution in [3.8, 4) is 33.4 Å². The molecule has 9 rings (SSSR count). The fraction of sp³-hybridized carbons (Fsp3) is 0. The molecule has 0 amide bonds. The lowest BCUT2D eigenvalue weighted by Gasteiger charge is -2.18. The quantitative estimate of drug-likeness (QED) is 0.200. The molecule has 9 aromatic rings. The van der Waals surface area contributed by atoms with Crippen molar-refractivity contribution in [2.75, 3.05) is 0 Å². The van der Waals surface area contributed by atoms with Crippen molar-refractivity contribution in [2.24, 2.45) is 0 Å². The zero-order valence-electron chi connectivity index (χ0n) is 26.2. The van der Waals surface area contributed by atoms with Gasteiger partial charge in [-0.25, -0.2) is 0 Å². The van der Waals surface area contributed by atoms with E-state index in [4.69, 9.17) is 8.53 Å². The van der Waals surface area contributed by atoms with Crippen LogP contribution in [-0.4, -0.2) is 0 Å². The molecule has 0 aliphatic heterocycles. The summed E-state index contributed by atoms with van der Waals surface area (Å²) >= 11 is 0. The molecule has 1 nitrogen and oxygen atoms in total. The fourth-order valence-electron chi connectivity index (χ4n) is 6.73. The zero-order valence-corrected chi connectivity index (χ0v) is 23.2. The van der Waals surface area contributed by atoms with Gasteiger partial charge in [0.25, 0.3) is 0 Å². The molecule has 0 N–H and O–H groups in total. The maximum Gasteiger partial charge on any atom is 0.136 e. The monoisotopic (exact) mass is 549 g/mol. The second kappa shape index (κ2) is 9.44. The Labute approximate surface area is 253 Å². The van der Waals surface area contributed by atoms with E-state index < -0.39 is 0 Å². The molecular formula is C42H26O. The molecule has 1 aromatic heterocycles. The number of hydrogen-bond acceptors (Lipinski definition) is 1. The van der Waals surface area contributed by atoms with E-state index in [0.29, 0.717) is 5.56 Å². The van der Waals surface area contributed by atoms with E-state index in [1.165, 1.54) is 23.1 Å². The molecule has 0 atom stereocenters. The third kappa shape index (κ3) is 3.72. The second-order valence-corrected chi connectivity index (χ2v) is 11.0. The van der Waals surface area contributed by atoms with Crippen molar-refractivity contribution >= 4 is 54.3 Å². The van der Waals surface area contributed by atoms with Gasteiger partial charge in [-0.05, 0) is 83.9 Å². The van der Waals surface area contributed by atoms with Gasteiger partial charge in [0.2, 0.25) is 0 Å². The van der Waals surface area contributed by atoms with Gasteiger partial charge in [-0.15, -0.1) is 0 Å². The lowest BCUT2D eigenvalue weighted by Crippen LogP contribution is -1.91. The largest absolute Gasteiger partial charge is 0.456 e. The lowest BCUT2D eigenvalue weighted by atomic mass is 9.84. The Morgan fingerprint density at radius 1 is 0.419 bits per heavy atom. The highest BCUT2D eigenvalue weighted by molar-refractivity contribution is 6.26. The van der Waals surface area contributed by atoms with Gasteiger partial charge in [0.15, 0.2) is 0 Å². The van der Waals surface area contributed by atoms with Crippen LogP contribution in [0.3, 0.4) is 0 Å². The third-order valence-electron chi connectivity index (χ3n) is 8.63. The van der Waals surface area contributed by atoms with Gasteiger partial charge in [0, 0.05) is 10.8 Å². The Balaban J connectivity index is 1.32. The molecule has 0 unspecified atom stereocenters. The van der Waals surface area contributed by atoms with Crippen LogP contribution in [0.1, 0.15) is 4.11 Å². The summed E-state index contributed by atoms with van der Waals surface area (Å²) in [5, 5.41) is 9.21. The number of furan rings is 1. The molecular weight excluding hydrogens is 520 g/mol. The van der Waals surface area contributed by atoms with E-state index in [9.17, 15) is 0 Å². The van der Waals surface area contributed by atoms with Crippen molar-refractivity contribution < 1.29 is 8.53 Å². The smallest absolute Gasteiger partial charge is 0.136 e. The van der Waals surface area contributed by atoms with E-state index in [2.05, 4.69) is 115 Å². The van der Waals surface area contributed by atoms with E-state index in [0.717, 1.165) is 71.1 Å². The predicted octanol–water partition coefficient (Wildman–Crippen LogP) is 12.0. The van der Waals surface area contributed by atoms with Gasteiger partial charge in [-0.2, -0.15) is 0 Å². The second-order valence-electron chi connectivity index (χ2n) is 11.0. The molecule has 43 heavy (non-hydrogen) atoms. The number of hydrogen-bond donors (Lipinski definition) is 0. The topological polar surface area (TPSA) is 13.1 Å². The minimum absolute atomic E-state index is 0.181. The first-order valence-corrected chi connectivity index (χ1v) is 14.5. The van der Waals surface area contributed by atoms with Crippen LogP contribution in [0.15, 0.2) is 162 Å². The molecule has 0 aliphatic rings. The first-order valence-electron chi connectivity index (χ1n) is 16.0. The lowest BCUT2D eigenvalue weighted by molar-refractivity contribution is 0.669. The normalized spacial score (nSPS) is 12.7. The Bertz CT molecular complexity index is 2590. The average Bonchev–Trinajstić information content (AvgIpc) is 3.44. The Kier molecular flexibility index (Phi) is 4.63.